The summed E-state index contributed by atoms with van der Waals surface area (Å²) in [5.74, 6) is -0.554. The number of piperazine rings is 1. The minimum atomic E-state index is -0.428. The minimum absolute atomic E-state index is 0.125. The average molecular weight is 397 g/mol. The predicted molar refractivity (Wildman–Crippen MR) is 104 cm³/mol. The molecular formula is C19H21Cl2FN3O+. The Bertz CT molecular complexity index is 794. The van der Waals surface area contributed by atoms with Crippen LogP contribution < -0.4 is 15.1 Å². The number of amides is 1. The van der Waals surface area contributed by atoms with E-state index in [4.69, 9.17) is 23.2 Å². The number of nitrogens with zero attached hydrogens (tertiary/aromatic N) is 1. The summed E-state index contributed by atoms with van der Waals surface area (Å²) in [4.78, 5) is 16.0. The summed E-state index contributed by atoms with van der Waals surface area (Å²) < 4.78 is 13.1. The van der Waals surface area contributed by atoms with Crippen molar-refractivity contribution in [1.29, 1.82) is 0 Å². The van der Waals surface area contributed by atoms with Gasteiger partial charge < -0.3 is 15.1 Å². The highest BCUT2D eigenvalue weighted by atomic mass is 35.5. The lowest BCUT2D eigenvalue weighted by molar-refractivity contribution is -0.914. The normalized spacial score (nSPS) is 16.4. The van der Waals surface area contributed by atoms with Gasteiger partial charge in [-0.05, 0) is 37.3 Å². The van der Waals surface area contributed by atoms with Gasteiger partial charge >= 0.3 is 0 Å². The lowest BCUT2D eigenvalue weighted by Crippen LogP contribution is -3.19. The topological polar surface area (TPSA) is 36.8 Å². The molecule has 1 amide bonds. The molecule has 2 N–H and O–H groups in total. The van der Waals surface area contributed by atoms with Gasteiger partial charge in [0.1, 0.15) is 5.82 Å². The first-order valence-corrected chi connectivity index (χ1v) is 9.31. The van der Waals surface area contributed by atoms with E-state index in [0.717, 1.165) is 36.9 Å². The molecule has 4 nitrogen and oxygen atoms in total. The Morgan fingerprint density at radius 2 is 1.85 bits per heavy atom. The third-order valence-corrected chi connectivity index (χ3v) is 5.43. The van der Waals surface area contributed by atoms with Gasteiger partial charge in [0.15, 0.2) is 6.04 Å². The van der Waals surface area contributed by atoms with Crippen molar-refractivity contribution >= 4 is 40.5 Å². The summed E-state index contributed by atoms with van der Waals surface area (Å²) in [5, 5.41) is 3.73. The Labute approximate surface area is 162 Å². The second kappa shape index (κ2) is 8.25. The van der Waals surface area contributed by atoms with Crippen LogP contribution >= 0.6 is 23.2 Å². The van der Waals surface area contributed by atoms with Crippen molar-refractivity contribution in [3.8, 4) is 0 Å². The molecule has 0 unspecified atom stereocenters. The summed E-state index contributed by atoms with van der Waals surface area (Å²) in [6.07, 6.45) is 0. The molecule has 2 aromatic rings. The first-order valence-electron chi connectivity index (χ1n) is 8.55. The van der Waals surface area contributed by atoms with Gasteiger partial charge in [0.05, 0.1) is 47.6 Å². The molecule has 2 aromatic carbocycles. The largest absolute Gasteiger partial charge is 0.359 e. The molecule has 1 fully saturated rings. The van der Waals surface area contributed by atoms with Crippen molar-refractivity contribution in [3.05, 3.63) is 58.3 Å². The van der Waals surface area contributed by atoms with Crippen LogP contribution in [-0.4, -0.2) is 38.1 Å². The van der Waals surface area contributed by atoms with Crippen molar-refractivity contribution in [2.24, 2.45) is 0 Å². The Morgan fingerprint density at radius 3 is 2.50 bits per heavy atom. The van der Waals surface area contributed by atoms with Crippen LogP contribution in [0.5, 0.6) is 0 Å². The number of quaternary nitrogens is 1. The molecule has 26 heavy (non-hydrogen) atoms. The van der Waals surface area contributed by atoms with Crippen LogP contribution in [0.2, 0.25) is 10.0 Å². The Morgan fingerprint density at radius 1 is 1.15 bits per heavy atom. The number of nitrogens with one attached hydrogen (secondary N) is 2. The van der Waals surface area contributed by atoms with E-state index < -0.39 is 5.82 Å². The fraction of sp³-hybridized carbons (Fsp3) is 0.316. The van der Waals surface area contributed by atoms with E-state index >= 15 is 0 Å². The lowest BCUT2D eigenvalue weighted by Gasteiger charge is -2.36. The monoisotopic (exact) mass is 396 g/mol. The smallest absolute Gasteiger partial charge is 0.282 e. The van der Waals surface area contributed by atoms with Gasteiger partial charge in [0.25, 0.3) is 5.91 Å². The fourth-order valence-electron chi connectivity index (χ4n) is 3.19. The van der Waals surface area contributed by atoms with Crippen molar-refractivity contribution in [2.75, 3.05) is 36.4 Å². The van der Waals surface area contributed by atoms with Crippen LogP contribution in [0, 0.1) is 5.82 Å². The van der Waals surface area contributed by atoms with E-state index in [1.54, 1.807) is 0 Å². The summed E-state index contributed by atoms with van der Waals surface area (Å²) in [6, 6.07) is 11.5. The van der Waals surface area contributed by atoms with Gasteiger partial charge in [0, 0.05) is 0 Å². The van der Waals surface area contributed by atoms with E-state index in [0.29, 0.717) is 5.69 Å². The number of hydrogen-bond acceptors (Lipinski definition) is 2. The highest BCUT2D eigenvalue weighted by molar-refractivity contribution is 6.33. The molecule has 0 radical (unpaired) electrons. The van der Waals surface area contributed by atoms with Crippen LogP contribution in [0.3, 0.4) is 0 Å². The first kappa shape index (κ1) is 19.0. The Hall–Kier alpha value is -1.82. The molecule has 1 saturated heterocycles. The molecule has 1 aliphatic heterocycles. The van der Waals surface area contributed by atoms with Gasteiger partial charge in [0.2, 0.25) is 0 Å². The van der Waals surface area contributed by atoms with Crippen molar-refractivity contribution < 1.29 is 14.1 Å². The van der Waals surface area contributed by atoms with E-state index in [-0.39, 0.29) is 17.0 Å². The second-order valence-corrected chi connectivity index (χ2v) is 7.25. The third-order valence-electron chi connectivity index (χ3n) is 4.79. The number of carbonyl (C=O) groups excluding carboxylic acids is 1. The lowest BCUT2D eigenvalue weighted by atomic mass is 10.2. The Kier molecular flexibility index (Phi) is 6.01. The van der Waals surface area contributed by atoms with E-state index in [1.165, 1.54) is 23.1 Å². The SMILES string of the molecule is C[C@H](C(=O)Nc1ccc(F)cc1Cl)[NH+]1CCN(c2ccccc2Cl)CC1. The molecule has 138 valence electrons. The van der Waals surface area contributed by atoms with Crippen LogP contribution in [-0.2, 0) is 4.79 Å². The molecule has 0 aromatic heterocycles. The number of rotatable bonds is 4. The predicted octanol–water partition coefficient (Wildman–Crippen LogP) is 2.86. The maximum Gasteiger partial charge on any atom is 0.282 e. The van der Waals surface area contributed by atoms with Gasteiger partial charge in [-0.3, -0.25) is 4.79 Å². The molecule has 1 atom stereocenters. The van der Waals surface area contributed by atoms with Crippen LogP contribution in [0.4, 0.5) is 15.8 Å². The molecule has 1 heterocycles. The fourth-order valence-corrected chi connectivity index (χ4v) is 3.66. The summed E-state index contributed by atoms with van der Waals surface area (Å²) in [7, 11) is 0. The maximum atomic E-state index is 13.1. The van der Waals surface area contributed by atoms with E-state index in [9.17, 15) is 9.18 Å². The third kappa shape index (κ3) is 4.29. The van der Waals surface area contributed by atoms with Gasteiger partial charge in [-0.25, -0.2) is 4.39 Å². The molecule has 3 rings (SSSR count). The zero-order chi connectivity index (χ0) is 18.7. The average Bonchev–Trinajstić information content (AvgIpc) is 2.64. The molecule has 0 saturated carbocycles. The zero-order valence-electron chi connectivity index (χ0n) is 14.4. The molecule has 0 bridgehead atoms. The zero-order valence-corrected chi connectivity index (χ0v) is 15.9. The summed E-state index contributed by atoms with van der Waals surface area (Å²) in [5.41, 5.74) is 1.46. The van der Waals surface area contributed by atoms with Crippen molar-refractivity contribution in [1.82, 2.24) is 0 Å². The van der Waals surface area contributed by atoms with Gasteiger partial charge in [-0.15, -0.1) is 0 Å². The first-order chi connectivity index (χ1) is 12.5. The number of carbonyl (C=O) groups is 1. The molecule has 1 aliphatic rings. The number of anilines is 2. The highest BCUT2D eigenvalue weighted by Crippen LogP contribution is 2.25. The highest BCUT2D eigenvalue weighted by Gasteiger charge is 2.30. The molecule has 7 heteroatoms. The number of hydrogen-bond donors (Lipinski definition) is 2. The summed E-state index contributed by atoms with van der Waals surface area (Å²) >= 11 is 12.3. The Balaban J connectivity index is 1.58. The van der Waals surface area contributed by atoms with Crippen LogP contribution in [0.25, 0.3) is 0 Å². The second-order valence-electron chi connectivity index (χ2n) is 6.43. The maximum absolute atomic E-state index is 13.1. The van der Waals surface area contributed by atoms with E-state index in [2.05, 4.69) is 10.2 Å². The van der Waals surface area contributed by atoms with Gasteiger partial charge in [-0.1, -0.05) is 35.3 Å². The standard InChI is InChI=1S/C19H20Cl2FN3O/c1-13(19(26)23-17-7-6-14(22)12-16(17)21)24-8-10-25(11-9-24)18-5-3-2-4-15(18)20/h2-7,12-13H,8-11H2,1H3,(H,23,26)/p+1/t13-/m1/s1. The number of para-hydroxylation sites is 1. The van der Waals surface area contributed by atoms with E-state index in [1.807, 2.05) is 31.2 Å². The van der Waals surface area contributed by atoms with Crippen LogP contribution in [0.15, 0.2) is 42.5 Å². The van der Waals surface area contributed by atoms with Crippen LogP contribution in [0.1, 0.15) is 6.92 Å². The van der Waals surface area contributed by atoms with Crippen molar-refractivity contribution in [2.45, 2.75) is 13.0 Å². The summed E-state index contributed by atoms with van der Waals surface area (Å²) in [6.45, 7) is 5.21. The molecular weight excluding hydrogens is 376 g/mol. The quantitative estimate of drug-likeness (QED) is 0.833. The molecule has 0 spiro atoms. The van der Waals surface area contributed by atoms with Crippen molar-refractivity contribution in [3.63, 3.8) is 0 Å². The number of halogens is 3. The minimum Gasteiger partial charge on any atom is -0.359 e. The van der Waals surface area contributed by atoms with Gasteiger partial charge in [-0.2, -0.15) is 0 Å². The molecule has 0 aliphatic carbocycles. The number of benzene rings is 2.